The lowest BCUT2D eigenvalue weighted by molar-refractivity contribution is 0.197. The monoisotopic (exact) mass is 245 g/mol. The van der Waals surface area contributed by atoms with Gasteiger partial charge in [0, 0.05) is 38.3 Å². The van der Waals surface area contributed by atoms with Crippen molar-refractivity contribution in [1.29, 1.82) is 0 Å². The Bertz CT molecular complexity index is 487. The molecule has 3 rings (SSSR count). The molecule has 2 aromatic heterocycles. The quantitative estimate of drug-likeness (QED) is 0.751. The molecule has 2 aromatic rings. The van der Waals surface area contributed by atoms with Crippen LogP contribution in [0.4, 0.5) is 0 Å². The lowest BCUT2D eigenvalue weighted by Crippen LogP contribution is -2.50. The SMILES string of the molecule is CN1CCNCC1Cc1ncc(-c2ccc[nH]2)[nH]1. The lowest BCUT2D eigenvalue weighted by atomic mass is 10.1. The number of piperazine rings is 1. The summed E-state index contributed by atoms with van der Waals surface area (Å²) in [4.78, 5) is 13.4. The summed E-state index contributed by atoms with van der Waals surface area (Å²) in [6.45, 7) is 3.22. The van der Waals surface area contributed by atoms with E-state index in [2.05, 4.69) is 32.2 Å². The summed E-state index contributed by atoms with van der Waals surface area (Å²) in [7, 11) is 2.18. The van der Waals surface area contributed by atoms with Gasteiger partial charge in [0.05, 0.1) is 17.6 Å². The molecule has 1 fully saturated rings. The van der Waals surface area contributed by atoms with Gasteiger partial charge in [0.1, 0.15) is 5.82 Å². The Labute approximate surface area is 107 Å². The van der Waals surface area contributed by atoms with Crippen LogP contribution in [0.1, 0.15) is 5.82 Å². The van der Waals surface area contributed by atoms with Crippen LogP contribution in [0.25, 0.3) is 11.4 Å². The molecule has 0 saturated carbocycles. The van der Waals surface area contributed by atoms with E-state index in [0.29, 0.717) is 6.04 Å². The van der Waals surface area contributed by atoms with Gasteiger partial charge in [0.2, 0.25) is 0 Å². The summed E-state index contributed by atoms with van der Waals surface area (Å²) in [5.41, 5.74) is 2.14. The molecular formula is C13H19N5. The van der Waals surface area contributed by atoms with E-state index in [0.717, 1.165) is 43.3 Å². The van der Waals surface area contributed by atoms with Crippen LogP contribution in [0.5, 0.6) is 0 Å². The number of hydrogen-bond donors (Lipinski definition) is 3. The third-order valence-electron chi connectivity index (χ3n) is 3.59. The molecule has 3 heterocycles. The minimum atomic E-state index is 0.529. The van der Waals surface area contributed by atoms with Gasteiger partial charge >= 0.3 is 0 Å². The van der Waals surface area contributed by atoms with Crippen molar-refractivity contribution in [3.05, 3.63) is 30.4 Å². The highest BCUT2D eigenvalue weighted by atomic mass is 15.2. The molecule has 0 aliphatic carbocycles. The van der Waals surface area contributed by atoms with E-state index >= 15 is 0 Å². The van der Waals surface area contributed by atoms with Crippen LogP contribution < -0.4 is 5.32 Å². The number of hydrogen-bond acceptors (Lipinski definition) is 3. The van der Waals surface area contributed by atoms with E-state index < -0.39 is 0 Å². The first-order chi connectivity index (χ1) is 8.83. The number of aromatic nitrogens is 3. The molecule has 18 heavy (non-hydrogen) atoms. The van der Waals surface area contributed by atoms with Crippen molar-refractivity contribution in [3.8, 4) is 11.4 Å². The summed E-state index contributed by atoms with van der Waals surface area (Å²) in [5, 5.41) is 3.43. The average Bonchev–Trinajstić information content (AvgIpc) is 3.02. The summed E-state index contributed by atoms with van der Waals surface area (Å²) < 4.78 is 0. The van der Waals surface area contributed by atoms with Crippen molar-refractivity contribution >= 4 is 0 Å². The minimum Gasteiger partial charge on any atom is -0.360 e. The number of likely N-dealkylation sites (N-methyl/N-ethyl adjacent to an activating group) is 1. The molecule has 1 aliphatic heterocycles. The Hall–Kier alpha value is -1.59. The number of rotatable bonds is 3. The number of nitrogens with one attached hydrogen (secondary N) is 3. The maximum atomic E-state index is 4.47. The maximum absolute atomic E-state index is 4.47. The highest BCUT2D eigenvalue weighted by Crippen LogP contribution is 2.15. The van der Waals surface area contributed by atoms with Crippen LogP contribution in [-0.4, -0.2) is 52.6 Å². The number of H-pyrrole nitrogens is 2. The number of nitrogens with zero attached hydrogens (tertiary/aromatic N) is 2. The van der Waals surface area contributed by atoms with E-state index in [9.17, 15) is 0 Å². The average molecular weight is 245 g/mol. The third-order valence-corrected chi connectivity index (χ3v) is 3.59. The molecule has 96 valence electrons. The Morgan fingerprint density at radius 1 is 1.44 bits per heavy atom. The van der Waals surface area contributed by atoms with E-state index in [1.54, 1.807) is 0 Å². The fourth-order valence-corrected chi connectivity index (χ4v) is 2.41. The molecule has 1 atom stereocenters. The Morgan fingerprint density at radius 3 is 3.17 bits per heavy atom. The first-order valence-corrected chi connectivity index (χ1v) is 6.41. The van der Waals surface area contributed by atoms with Gasteiger partial charge < -0.3 is 20.2 Å². The van der Waals surface area contributed by atoms with Gasteiger partial charge in [-0.1, -0.05) is 0 Å². The fourth-order valence-electron chi connectivity index (χ4n) is 2.41. The molecule has 1 saturated heterocycles. The molecule has 0 spiro atoms. The normalized spacial score (nSPS) is 21.3. The van der Waals surface area contributed by atoms with Crippen molar-refractivity contribution in [2.45, 2.75) is 12.5 Å². The molecule has 0 aromatic carbocycles. The topological polar surface area (TPSA) is 59.7 Å². The smallest absolute Gasteiger partial charge is 0.108 e. The minimum absolute atomic E-state index is 0.529. The molecular weight excluding hydrogens is 226 g/mol. The van der Waals surface area contributed by atoms with Crippen LogP contribution in [-0.2, 0) is 6.42 Å². The van der Waals surface area contributed by atoms with Gasteiger partial charge in [-0.25, -0.2) is 4.98 Å². The molecule has 5 heteroatoms. The Morgan fingerprint density at radius 2 is 2.39 bits per heavy atom. The van der Waals surface area contributed by atoms with Crippen molar-refractivity contribution in [2.24, 2.45) is 0 Å². The molecule has 1 unspecified atom stereocenters. The summed E-state index contributed by atoms with van der Waals surface area (Å²) in [6.07, 6.45) is 4.79. The molecule has 0 bridgehead atoms. The van der Waals surface area contributed by atoms with Crippen molar-refractivity contribution < 1.29 is 0 Å². The zero-order chi connectivity index (χ0) is 12.4. The predicted octanol–water partition coefficient (Wildman–Crippen LogP) is 0.851. The van der Waals surface area contributed by atoms with Gasteiger partial charge in [-0.05, 0) is 19.2 Å². The van der Waals surface area contributed by atoms with Crippen molar-refractivity contribution in [3.63, 3.8) is 0 Å². The summed E-state index contributed by atoms with van der Waals surface area (Å²) in [6, 6.07) is 4.57. The second-order valence-electron chi connectivity index (χ2n) is 4.87. The Kier molecular flexibility index (Phi) is 3.17. The molecule has 0 radical (unpaired) electrons. The second kappa shape index (κ2) is 4.96. The van der Waals surface area contributed by atoms with Crippen molar-refractivity contribution in [2.75, 3.05) is 26.7 Å². The number of aromatic amines is 2. The highest BCUT2D eigenvalue weighted by Gasteiger charge is 2.20. The first kappa shape index (κ1) is 11.5. The van der Waals surface area contributed by atoms with Crippen LogP contribution in [0.3, 0.4) is 0 Å². The zero-order valence-electron chi connectivity index (χ0n) is 10.6. The van der Waals surface area contributed by atoms with Gasteiger partial charge in [0.25, 0.3) is 0 Å². The summed E-state index contributed by atoms with van der Waals surface area (Å²) >= 11 is 0. The first-order valence-electron chi connectivity index (χ1n) is 6.41. The molecule has 5 nitrogen and oxygen atoms in total. The van der Waals surface area contributed by atoms with Crippen LogP contribution in [0, 0.1) is 0 Å². The Balaban J connectivity index is 1.70. The van der Waals surface area contributed by atoms with Crippen LogP contribution in [0.15, 0.2) is 24.5 Å². The van der Waals surface area contributed by atoms with E-state index in [-0.39, 0.29) is 0 Å². The lowest BCUT2D eigenvalue weighted by Gasteiger charge is -2.32. The molecule has 1 aliphatic rings. The fraction of sp³-hybridized carbons (Fsp3) is 0.462. The summed E-state index contributed by atoms with van der Waals surface area (Å²) in [5.74, 6) is 1.06. The van der Waals surface area contributed by atoms with E-state index in [1.165, 1.54) is 0 Å². The predicted molar refractivity (Wildman–Crippen MR) is 71.4 cm³/mol. The van der Waals surface area contributed by atoms with Gasteiger partial charge in [-0.15, -0.1) is 0 Å². The molecule has 3 N–H and O–H groups in total. The standard InChI is InChI=1S/C13H19N5/c1-18-6-5-14-8-10(18)7-13-16-9-12(17-13)11-3-2-4-15-11/h2-4,9-10,14-15H,5-8H2,1H3,(H,16,17). The maximum Gasteiger partial charge on any atom is 0.108 e. The third kappa shape index (κ3) is 2.32. The van der Waals surface area contributed by atoms with Crippen molar-refractivity contribution in [1.82, 2.24) is 25.2 Å². The largest absolute Gasteiger partial charge is 0.360 e. The van der Waals surface area contributed by atoms with Crippen LogP contribution in [0.2, 0.25) is 0 Å². The zero-order valence-corrected chi connectivity index (χ0v) is 10.6. The highest BCUT2D eigenvalue weighted by molar-refractivity contribution is 5.53. The van der Waals surface area contributed by atoms with E-state index in [4.69, 9.17) is 0 Å². The molecule has 0 amide bonds. The van der Waals surface area contributed by atoms with Gasteiger partial charge in [-0.3, -0.25) is 0 Å². The van der Waals surface area contributed by atoms with Gasteiger partial charge in [-0.2, -0.15) is 0 Å². The van der Waals surface area contributed by atoms with E-state index in [1.807, 2.05) is 24.5 Å². The van der Waals surface area contributed by atoms with Crippen LogP contribution >= 0.6 is 0 Å². The second-order valence-corrected chi connectivity index (χ2v) is 4.87. The number of imidazole rings is 1. The van der Waals surface area contributed by atoms with Gasteiger partial charge in [0.15, 0.2) is 0 Å².